The normalized spacial score (nSPS) is 11.6. The minimum atomic E-state index is -0.314. The summed E-state index contributed by atoms with van der Waals surface area (Å²) < 4.78 is 13.4. The molecule has 0 radical (unpaired) electrons. The highest BCUT2D eigenvalue weighted by molar-refractivity contribution is 7.11. The Balaban J connectivity index is 1.78. The van der Waals surface area contributed by atoms with Crippen LogP contribution < -0.4 is 5.32 Å². The van der Waals surface area contributed by atoms with Crippen LogP contribution in [0.25, 0.3) is 0 Å². The van der Waals surface area contributed by atoms with Gasteiger partial charge >= 0.3 is 6.03 Å². The largest absolute Gasteiger partial charge is 0.332 e. The lowest BCUT2D eigenvalue weighted by Gasteiger charge is -2.31. The van der Waals surface area contributed by atoms with E-state index in [0.29, 0.717) is 18.8 Å². The molecule has 174 valence electrons. The van der Waals surface area contributed by atoms with Crippen molar-refractivity contribution in [3.8, 4) is 0 Å². The van der Waals surface area contributed by atoms with Gasteiger partial charge < -0.3 is 15.1 Å². The fraction of sp³-hybridized carbons (Fsp3) is 0.308. The Kier molecular flexibility index (Phi) is 8.60. The minimum Gasteiger partial charge on any atom is -0.332 e. The summed E-state index contributed by atoms with van der Waals surface area (Å²) in [6, 6.07) is 19.0. The van der Waals surface area contributed by atoms with Gasteiger partial charge in [0.2, 0.25) is 5.91 Å². The van der Waals surface area contributed by atoms with Gasteiger partial charge in [0.05, 0.1) is 6.54 Å². The highest BCUT2D eigenvalue weighted by Crippen LogP contribution is 2.20. The van der Waals surface area contributed by atoms with Gasteiger partial charge in [-0.05, 0) is 62.2 Å². The van der Waals surface area contributed by atoms with E-state index >= 15 is 0 Å². The first-order valence-corrected chi connectivity index (χ1v) is 11.9. The summed E-state index contributed by atoms with van der Waals surface area (Å²) in [4.78, 5) is 32.0. The molecule has 0 aliphatic heterocycles. The average molecular weight is 468 g/mol. The maximum absolute atomic E-state index is 13.4. The number of para-hydroxylation sites is 1. The second kappa shape index (κ2) is 11.6. The van der Waals surface area contributed by atoms with E-state index in [9.17, 15) is 14.0 Å². The van der Waals surface area contributed by atoms with Crippen LogP contribution in [-0.2, 0) is 17.9 Å². The summed E-state index contributed by atoms with van der Waals surface area (Å²) in [6.45, 7) is 6.68. The number of nitrogens with zero attached hydrogens (tertiary/aromatic N) is 2. The second-order valence-electron chi connectivity index (χ2n) is 8.07. The van der Waals surface area contributed by atoms with E-state index in [-0.39, 0.29) is 30.3 Å². The third-order valence-corrected chi connectivity index (χ3v) is 6.48. The number of nitrogens with one attached hydrogen (secondary N) is 1. The fourth-order valence-electron chi connectivity index (χ4n) is 3.41. The summed E-state index contributed by atoms with van der Waals surface area (Å²) >= 11 is 1.64. The molecule has 3 rings (SSSR count). The van der Waals surface area contributed by atoms with Crippen LogP contribution in [0.3, 0.4) is 0 Å². The number of halogens is 1. The minimum absolute atomic E-state index is 0.0424. The molecule has 1 atom stereocenters. The van der Waals surface area contributed by atoms with E-state index in [2.05, 4.69) is 5.32 Å². The fourth-order valence-corrected chi connectivity index (χ4v) is 4.32. The summed E-state index contributed by atoms with van der Waals surface area (Å²) in [5.74, 6) is -0.472. The molecule has 1 N–H and O–H groups in total. The smallest absolute Gasteiger partial charge is 0.322 e. The molecular weight excluding hydrogens is 437 g/mol. The quantitative estimate of drug-likeness (QED) is 0.416. The number of hydrogen-bond acceptors (Lipinski definition) is 3. The predicted octanol–water partition coefficient (Wildman–Crippen LogP) is 6.06. The van der Waals surface area contributed by atoms with E-state index in [1.54, 1.807) is 33.3 Å². The van der Waals surface area contributed by atoms with Crippen molar-refractivity contribution in [3.05, 3.63) is 87.9 Å². The molecule has 0 saturated carbocycles. The number of anilines is 1. The predicted molar refractivity (Wildman–Crippen MR) is 132 cm³/mol. The highest BCUT2D eigenvalue weighted by Gasteiger charge is 2.25. The first-order valence-electron chi connectivity index (χ1n) is 11.1. The topological polar surface area (TPSA) is 52.7 Å². The third-order valence-electron chi connectivity index (χ3n) is 5.50. The SMILES string of the molecule is CCC(C)N(CC(=O)N(Cc1ccc(F)cc1)Cc1ccc(C)s1)C(=O)Nc1ccccc1. The molecule has 0 aliphatic carbocycles. The van der Waals surface area contributed by atoms with E-state index in [1.165, 1.54) is 17.0 Å². The van der Waals surface area contributed by atoms with Crippen LogP contribution in [0.2, 0.25) is 0 Å². The van der Waals surface area contributed by atoms with Crippen molar-refractivity contribution in [1.29, 1.82) is 0 Å². The van der Waals surface area contributed by atoms with Crippen LogP contribution in [0.4, 0.5) is 14.9 Å². The van der Waals surface area contributed by atoms with E-state index in [0.717, 1.165) is 16.9 Å². The van der Waals surface area contributed by atoms with Gasteiger partial charge in [0, 0.05) is 28.0 Å². The van der Waals surface area contributed by atoms with E-state index < -0.39 is 0 Å². The number of benzene rings is 2. The molecule has 1 heterocycles. The summed E-state index contributed by atoms with van der Waals surface area (Å²) in [7, 11) is 0. The average Bonchev–Trinajstić information content (AvgIpc) is 3.22. The molecule has 33 heavy (non-hydrogen) atoms. The molecule has 7 heteroatoms. The lowest BCUT2D eigenvalue weighted by Crippen LogP contribution is -2.47. The zero-order valence-corrected chi connectivity index (χ0v) is 20.1. The van der Waals surface area contributed by atoms with Gasteiger partial charge in [-0.2, -0.15) is 0 Å². The highest BCUT2D eigenvalue weighted by atomic mass is 32.1. The van der Waals surface area contributed by atoms with Crippen molar-refractivity contribution < 1.29 is 14.0 Å². The van der Waals surface area contributed by atoms with Gasteiger partial charge in [0.25, 0.3) is 0 Å². The van der Waals surface area contributed by atoms with Crippen LogP contribution in [0.15, 0.2) is 66.7 Å². The number of thiophene rings is 1. The Labute approximate surface area is 198 Å². The number of urea groups is 1. The molecule has 0 bridgehead atoms. The van der Waals surface area contributed by atoms with Crippen molar-refractivity contribution >= 4 is 29.0 Å². The van der Waals surface area contributed by atoms with Gasteiger partial charge in [-0.25, -0.2) is 9.18 Å². The molecule has 0 fully saturated rings. The van der Waals surface area contributed by atoms with Crippen molar-refractivity contribution in [2.45, 2.75) is 46.3 Å². The summed E-state index contributed by atoms with van der Waals surface area (Å²) in [6.07, 6.45) is 0.720. The lowest BCUT2D eigenvalue weighted by molar-refractivity contribution is -0.133. The van der Waals surface area contributed by atoms with E-state index in [4.69, 9.17) is 0 Å². The summed E-state index contributed by atoms with van der Waals surface area (Å²) in [5, 5.41) is 2.89. The number of carbonyl (C=O) groups excluding carboxylic acids is 2. The molecule has 1 unspecified atom stereocenters. The molecule has 3 amide bonds. The zero-order valence-electron chi connectivity index (χ0n) is 19.3. The third kappa shape index (κ3) is 7.15. The van der Waals surface area contributed by atoms with Crippen molar-refractivity contribution in [3.63, 3.8) is 0 Å². The monoisotopic (exact) mass is 467 g/mol. The first-order chi connectivity index (χ1) is 15.9. The lowest BCUT2D eigenvalue weighted by atomic mass is 10.2. The Morgan fingerprint density at radius 1 is 1.00 bits per heavy atom. The van der Waals surface area contributed by atoms with Gasteiger partial charge in [0.15, 0.2) is 0 Å². The van der Waals surface area contributed by atoms with Gasteiger partial charge in [-0.15, -0.1) is 11.3 Å². The van der Waals surface area contributed by atoms with Gasteiger partial charge in [-0.1, -0.05) is 37.3 Å². The number of amides is 3. The van der Waals surface area contributed by atoms with Crippen LogP contribution in [0.5, 0.6) is 0 Å². The molecule has 0 spiro atoms. The summed E-state index contributed by atoms with van der Waals surface area (Å²) in [5.41, 5.74) is 1.52. The number of carbonyl (C=O) groups is 2. The maximum Gasteiger partial charge on any atom is 0.322 e. The van der Waals surface area contributed by atoms with Gasteiger partial charge in [0.1, 0.15) is 12.4 Å². The second-order valence-corrected chi connectivity index (χ2v) is 9.44. The van der Waals surface area contributed by atoms with Crippen molar-refractivity contribution in [2.24, 2.45) is 0 Å². The van der Waals surface area contributed by atoms with Crippen LogP contribution in [-0.4, -0.2) is 34.3 Å². The molecule has 0 saturated heterocycles. The number of hydrogen-bond donors (Lipinski definition) is 1. The molecule has 2 aromatic carbocycles. The first kappa shape index (κ1) is 24.5. The van der Waals surface area contributed by atoms with Crippen LogP contribution in [0.1, 0.15) is 35.6 Å². The zero-order chi connectivity index (χ0) is 23.8. The van der Waals surface area contributed by atoms with Crippen LogP contribution in [0, 0.1) is 12.7 Å². The number of rotatable bonds is 9. The number of aryl methyl sites for hydroxylation is 1. The molecule has 1 aromatic heterocycles. The molecular formula is C26H30FN3O2S. The Hall–Kier alpha value is -3.19. The standard InChI is InChI=1S/C26H30FN3O2S/c1-4-19(2)30(26(32)28-23-8-6-5-7-9-23)18-25(31)29(17-24-15-10-20(3)33-24)16-21-11-13-22(27)14-12-21/h5-15,19H,4,16-18H2,1-3H3,(H,28,32). The Bertz CT molecular complexity index is 1050. The van der Waals surface area contributed by atoms with E-state index in [1.807, 2.05) is 63.2 Å². The van der Waals surface area contributed by atoms with Gasteiger partial charge in [-0.3, -0.25) is 4.79 Å². The van der Waals surface area contributed by atoms with Crippen molar-refractivity contribution in [2.75, 3.05) is 11.9 Å². The molecule has 5 nitrogen and oxygen atoms in total. The Morgan fingerprint density at radius 2 is 1.70 bits per heavy atom. The Morgan fingerprint density at radius 3 is 2.30 bits per heavy atom. The molecule has 0 aliphatic rings. The molecule has 3 aromatic rings. The van der Waals surface area contributed by atoms with Crippen LogP contribution >= 0.6 is 11.3 Å². The maximum atomic E-state index is 13.4. The van der Waals surface area contributed by atoms with Crippen molar-refractivity contribution in [1.82, 2.24) is 9.80 Å².